The van der Waals surface area contributed by atoms with Crippen LogP contribution in [0.4, 0.5) is 0 Å². The third-order valence-corrected chi connectivity index (χ3v) is 11.3. The molecule has 0 aromatic heterocycles. The summed E-state index contributed by atoms with van der Waals surface area (Å²) in [4.78, 5) is 38.1. The maximum Gasteiger partial charge on any atom is 0.306 e. The standard InChI is InChI=1S/C62H100O6/c1-4-7-10-13-16-19-22-25-27-29-31-33-34-37-40-43-46-49-52-55-61(64)67-58-59(57-66-60(63)54-51-48-45-42-39-36-24-21-18-15-12-9-6-3)68-62(65)56-53-50-47-44-41-38-35-32-30-28-26-23-20-17-14-11-8-5-2/h7,10-11,14,16-17,19-20,23,25-28,30,32,35-36,39,45,48,59H,4-6,8-9,12-13,15,18,21-22,24,29,31,33-34,37-38,40-44,46-47,49-58H2,1-3H3/b10-7-,14-11-,19-16-,20-17-,26-23-,27-25-,30-28-,35-32-,39-36-,48-45-. The quantitative estimate of drug-likeness (QED) is 0.0199. The Morgan fingerprint density at radius 1 is 0.324 bits per heavy atom. The number of carbonyl (C=O) groups excluding carboxylic acids is 3. The zero-order valence-corrected chi connectivity index (χ0v) is 43.8. The minimum absolute atomic E-state index is 0.112. The second-order valence-corrected chi connectivity index (χ2v) is 17.9. The van der Waals surface area contributed by atoms with Gasteiger partial charge in [-0.15, -0.1) is 0 Å². The fourth-order valence-electron chi connectivity index (χ4n) is 7.19. The topological polar surface area (TPSA) is 78.9 Å². The van der Waals surface area contributed by atoms with Crippen LogP contribution in [0.15, 0.2) is 122 Å². The van der Waals surface area contributed by atoms with Gasteiger partial charge in [-0.2, -0.15) is 0 Å². The highest BCUT2D eigenvalue weighted by Gasteiger charge is 2.19. The van der Waals surface area contributed by atoms with Crippen LogP contribution < -0.4 is 0 Å². The van der Waals surface area contributed by atoms with Crippen molar-refractivity contribution in [1.29, 1.82) is 0 Å². The van der Waals surface area contributed by atoms with Crippen LogP contribution in [0.25, 0.3) is 0 Å². The first-order valence-electron chi connectivity index (χ1n) is 27.6. The summed E-state index contributed by atoms with van der Waals surface area (Å²) in [5.74, 6) is -1.02. The van der Waals surface area contributed by atoms with Crippen LogP contribution in [0.5, 0.6) is 0 Å². The predicted octanol–water partition coefficient (Wildman–Crippen LogP) is 18.5. The number of carbonyl (C=O) groups is 3. The lowest BCUT2D eigenvalue weighted by Gasteiger charge is -2.18. The molecule has 1 atom stereocenters. The lowest BCUT2D eigenvalue weighted by atomic mass is 10.1. The van der Waals surface area contributed by atoms with Gasteiger partial charge in [-0.3, -0.25) is 14.4 Å². The van der Waals surface area contributed by atoms with Gasteiger partial charge in [0, 0.05) is 19.3 Å². The van der Waals surface area contributed by atoms with Crippen LogP contribution in [-0.2, 0) is 28.6 Å². The molecule has 0 N–H and O–H groups in total. The SMILES string of the molecule is CC/C=C\C/C=C\C/C=C\CCCCCCCCCCCC(=O)OCC(COC(=O)CC/C=C\C/C=C\CCCCCCCC)OC(=O)CCCCCCC\C=C/C=C\C=C/C=C\C=C/CCC. The molecule has 6 nitrogen and oxygen atoms in total. The Kier molecular flexibility index (Phi) is 52.0. The van der Waals surface area contributed by atoms with Crippen molar-refractivity contribution in [1.82, 2.24) is 0 Å². The first kappa shape index (κ1) is 63.8. The molecule has 0 fully saturated rings. The summed E-state index contributed by atoms with van der Waals surface area (Å²) in [6, 6.07) is 0. The van der Waals surface area contributed by atoms with Crippen LogP contribution in [0.3, 0.4) is 0 Å². The highest BCUT2D eigenvalue weighted by molar-refractivity contribution is 5.71. The van der Waals surface area contributed by atoms with Crippen molar-refractivity contribution in [3.05, 3.63) is 122 Å². The summed E-state index contributed by atoms with van der Waals surface area (Å²) < 4.78 is 16.8. The lowest BCUT2D eigenvalue weighted by molar-refractivity contribution is -0.166. The van der Waals surface area contributed by atoms with E-state index in [2.05, 4.69) is 99.8 Å². The van der Waals surface area contributed by atoms with E-state index in [0.29, 0.717) is 12.8 Å². The van der Waals surface area contributed by atoms with Gasteiger partial charge < -0.3 is 14.2 Å². The monoisotopic (exact) mass is 941 g/mol. The van der Waals surface area contributed by atoms with Crippen molar-refractivity contribution in [2.75, 3.05) is 13.2 Å². The molecule has 0 aliphatic carbocycles. The fourth-order valence-corrected chi connectivity index (χ4v) is 7.19. The van der Waals surface area contributed by atoms with Gasteiger partial charge in [-0.1, -0.05) is 245 Å². The highest BCUT2D eigenvalue weighted by atomic mass is 16.6. The molecule has 0 aliphatic heterocycles. The number of rotatable bonds is 48. The Labute approximate surface area is 418 Å². The second kappa shape index (κ2) is 55.4. The summed E-state index contributed by atoms with van der Waals surface area (Å²) in [6.07, 6.45) is 76.2. The first-order valence-corrected chi connectivity index (χ1v) is 27.6. The molecule has 6 heteroatoms. The molecule has 0 rings (SSSR count). The second-order valence-electron chi connectivity index (χ2n) is 17.9. The van der Waals surface area contributed by atoms with Gasteiger partial charge in [-0.05, 0) is 89.9 Å². The highest BCUT2D eigenvalue weighted by Crippen LogP contribution is 2.14. The smallest absolute Gasteiger partial charge is 0.306 e. The molecule has 0 saturated heterocycles. The number of hydrogen-bond acceptors (Lipinski definition) is 6. The Bertz CT molecular complexity index is 1450. The third-order valence-electron chi connectivity index (χ3n) is 11.3. The molecule has 0 radical (unpaired) electrons. The molecule has 0 heterocycles. The minimum Gasteiger partial charge on any atom is -0.462 e. The Morgan fingerprint density at radius 3 is 1.18 bits per heavy atom. The number of unbranched alkanes of at least 4 members (excludes halogenated alkanes) is 21. The maximum atomic E-state index is 12.8. The molecule has 384 valence electrons. The minimum atomic E-state index is -0.820. The van der Waals surface area contributed by atoms with E-state index in [-0.39, 0.29) is 44.0 Å². The number of ether oxygens (including phenoxy) is 3. The van der Waals surface area contributed by atoms with Gasteiger partial charge in [-0.25, -0.2) is 0 Å². The molecular formula is C62H100O6. The number of esters is 3. The van der Waals surface area contributed by atoms with Crippen LogP contribution in [0.2, 0.25) is 0 Å². The van der Waals surface area contributed by atoms with Crippen LogP contribution in [0.1, 0.15) is 233 Å². The Hall–Kier alpha value is -4.19. The molecule has 0 spiro atoms. The normalized spacial score (nSPS) is 13.0. The van der Waals surface area contributed by atoms with Crippen molar-refractivity contribution in [2.45, 2.75) is 239 Å². The Balaban J connectivity index is 4.50. The van der Waals surface area contributed by atoms with E-state index in [0.717, 1.165) is 103 Å². The van der Waals surface area contributed by atoms with Gasteiger partial charge in [0.25, 0.3) is 0 Å². The van der Waals surface area contributed by atoms with Gasteiger partial charge >= 0.3 is 17.9 Å². The number of hydrogen-bond donors (Lipinski definition) is 0. The average Bonchev–Trinajstić information content (AvgIpc) is 3.34. The molecule has 0 aliphatic rings. The Morgan fingerprint density at radius 2 is 0.691 bits per heavy atom. The lowest BCUT2D eigenvalue weighted by Crippen LogP contribution is -2.30. The van der Waals surface area contributed by atoms with Crippen molar-refractivity contribution >= 4 is 17.9 Å². The van der Waals surface area contributed by atoms with Crippen molar-refractivity contribution in [3.8, 4) is 0 Å². The van der Waals surface area contributed by atoms with Crippen LogP contribution >= 0.6 is 0 Å². The van der Waals surface area contributed by atoms with Gasteiger partial charge in [0.2, 0.25) is 0 Å². The third kappa shape index (κ3) is 52.8. The average molecular weight is 941 g/mol. The molecule has 0 amide bonds. The molecule has 0 saturated carbocycles. The largest absolute Gasteiger partial charge is 0.462 e. The van der Waals surface area contributed by atoms with Crippen molar-refractivity contribution < 1.29 is 28.6 Å². The van der Waals surface area contributed by atoms with Crippen molar-refractivity contribution in [3.63, 3.8) is 0 Å². The van der Waals surface area contributed by atoms with Gasteiger partial charge in [0.1, 0.15) is 13.2 Å². The zero-order chi connectivity index (χ0) is 49.3. The van der Waals surface area contributed by atoms with Crippen LogP contribution in [-0.4, -0.2) is 37.2 Å². The van der Waals surface area contributed by atoms with E-state index >= 15 is 0 Å². The molecule has 0 aromatic carbocycles. The summed E-state index contributed by atoms with van der Waals surface area (Å²) in [6.45, 7) is 6.35. The summed E-state index contributed by atoms with van der Waals surface area (Å²) >= 11 is 0. The van der Waals surface area contributed by atoms with Crippen LogP contribution in [0, 0.1) is 0 Å². The molecule has 0 bridgehead atoms. The van der Waals surface area contributed by atoms with E-state index in [4.69, 9.17) is 14.2 Å². The summed E-state index contributed by atoms with van der Waals surface area (Å²) in [5, 5.41) is 0. The fraction of sp³-hybridized carbons (Fsp3) is 0.629. The first-order chi connectivity index (χ1) is 33.5. The maximum absolute atomic E-state index is 12.8. The van der Waals surface area contributed by atoms with E-state index in [1.54, 1.807) is 0 Å². The van der Waals surface area contributed by atoms with Gasteiger partial charge in [0.05, 0.1) is 0 Å². The molecule has 1 unspecified atom stereocenters. The van der Waals surface area contributed by atoms with E-state index in [1.165, 1.54) is 83.5 Å². The molecule has 0 aromatic rings. The predicted molar refractivity (Wildman–Crippen MR) is 293 cm³/mol. The van der Waals surface area contributed by atoms with Gasteiger partial charge in [0.15, 0.2) is 6.10 Å². The summed E-state index contributed by atoms with van der Waals surface area (Å²) in [5.41, 5.74) is 0. The number of allylic oxidation sites excluding steroid dienone is 20. The zero-order valence-electron chi connectivity index (χ0n) is 43.8. The van der Waals surface area contributed by atoms with E-state index in [9.17, 15) is 14.4 Å². The summed E-state index contributed by atoms with van der Waals surface area (Å²) in [7, 11) is 0. The van der Waals surface area contributed by atoms with Crippen molar-refractivity contribution in [2.24, 2.45) is 0 Å². The molecular weight excluding hydrogens is 841 g/mol. The molecule has 68 heavy (non-hydrogen) atoms. The van der Waals surface area contributed by atoms with E-state index < -0.39 is 6.10 Å². The van der Waals surface area contributed by atoms with E-state index in [1.807, 2.05) is 42.5 Å².